The zero-order valence-electron chi connectivity index (χ0n) is 15.0. The molecule has 1 aliphatic rings. The summed E-state index contributed by atoms with van der Waals surface area (Å²) in [6.07, 6.45) is 1.14. The van der Waals surface area contributed by atoms with Gasteiger partial charge in [0.05, 0.1) is 22.3 Å². The highest BCUT2D eigenvalue weighted by atomic mass is 28.3. The molecule has 22 heavy (non-hydrogen) atoms. The Balaban J connectivity index is 3.03. The molecule has 0 aromatic rings. The molecule has 2 atom stereocenters. The van der Waals surface area contributed by atoms with Gasteiger partial charge in [0.25, 0.3) is 0 Å². The number of hydrogen-bond donors (Lipinski definition) is 0. The third-order valence-corrected chi connectivity index (χ3v) is 12.1. The van der Waals surface area contributed by atoms with Crippen LogP contribution in [0.2, 0.25) is 24.2 Å². The summed E-state index contributed by atoms with van der Waals surface area (Å²) in [4.78, 5) is 24.6. The van der Waals surface area contributed by atoms with Crippen molar-refractivity contribution in [1.82, 2.24) is 0 Å². The van der Waals surface area contributed by atoms with Crippen LogP contribution in [0, 0.1) is 17.3 Å². The molecule has 4 nitrogen and oxygen atoms in total. The molecule has 0 saturated heterocycles. The van der Waals surface area contributed by atoms with Gasteiger partial charge in [0.15, 0.2) is 5.41 Å². The monoisotopic (exact) mass is 328 g/mol. The number of ether oxygens (including phenoxy) is 2. The van der Waals surface area contributed by atoms with Crippen LogP contribution in [0.4, 0.5) is 0 Å². The quantitative estimate of drug-likeness (QED) is 0.404. The third kappa shape index (κ3) is 3.39. The molecule has 128 valence electrons. The van der Waals surface area contributed by atoms with Gasteiger partial charge in [0, 0.05) is 0 Å². The van der Waals surface area contributed by atoms with Gasteiger partial charge in [-0.25, -0.2) is 0 Å². The Morgan fingerprint density at radius 2 is 1.45 bits per heavy atom. The second kappa shape index (κ2) is 7.62. The molecule has 1 aliphatic carbocycles. The predicted octanol–water partition coefficient (Wildman–Crippen LogP) is 3.87. The van der Waals surface area contributed by atoms with Gasteiger partial charge in [-0.1, -0.05) is 51.9 Å². The van der Waals surface area contributed by atoms with Crippen LogP contribution in [0.1, 0.15) is 40.5 Å². The van der Waals surface area contributed by atoms with Crippen molar-refractivity contribution < 1.29 is 19.1 Å². The van der Waals surface area contributed by atoms with E-state index in [1.165, 1.54) is 38.4 Å². The zero-order valence-corrected chi connectivity index (χ0v) is 16.0. The largest absolute Gasteiger partial charge is 0.468 e. The molecule has 0 spiro atoms. The first kappa shape index (κ1) is 19.2. The highest BCUT2D eigenvalue weighted by Crippen LogP contribution is 2.51. The van der Waals surface area contributed by atoms with Gasteiger partial charge in [-0.2, -0.15) is 0 Å². The lowest BCUT2D eigenvalue weighted by Crippen LogP contribution is -2.40. The molecule has 0 amide bonds. The van der Waals surface area contributed by atoms with E-state index < -0.39 is 25.4 Å². The van der Waals surface area contributed by atoms with Crippen molar-refractivity contribution in [3.05, 3.63) is 0 Å². The minimum atomic E-state index is -1.28. The van der Waals surface area contributed by atoms with E-state index in [1.54, 1.807) is 0 Å². The summed E-state index contributed by atoms with van der Waals surface area (Å²) < 4.78 is 9.88. The molecule has 0 radical (unpaired) electrons. The van der Waals surface area contributed by atoms with Gasteiger partial charge in [-0.3, -0.25) is 9.59 Å². The Bertz CT molecular complexity index is 379. The lowest BCUT2D eigenvalue weighted by atomic mass is 9.85. The van der Waals surface area contributed by atoms with Crippen molar-refractivity contribution >= 4 is 20.0 Å². The van der Waals surface area contributed by atoms with E-state index in [2.05, 4.69) is 27.7 Å². The Kier molecular flexibility index (Phi) is 6.65. The SMILES string of the molecule is CC[Si](CC)(CC)C[C@@H]1CC(C(=O)OC)(C(=O)OC)C[C@H]1C. The summed E-state index contributed by atoms with van der Waals surface area (Å²) in [7, 11) is 1.43. The molecule has 0 unspecified atom stereocenters. The van der Waals surface area contributed by atoms with Crippen molar-refractivity contribution in [2.24, 2.45) is 17.3 Å². The van der Waals surface area contributed by atoms with Crippen molar-refractivity contribution in [2.45, 2.75) is 64.7 Å². The predicted molar refractivity (Wildman–Crippen MR) is 90.4 cm³/mol. The van der Waals surface area contributed by atoms with E-state index >= 15 is 0 Å². The van der Waals surface area contributed by atoms with Crippen LogP contribution in [-0.4, -0.2) is 34.2 Å². The van der Waals surface area contributed by atoms with Crippen LogP contribution in [0.15, 0.2) is 0 Å². The minimum absolute atomic E-state index is 0.356. The minimum Gasteiger partial charge on any atom is -0.468 e. The molecule has 0 heterocycles. The van der Waals surface area contributed by atoms with Gasteiger partial charge < -0.3 is 9.47 Å². The Labute approximate surface area is 136 Å². The van der Waals surface area contributed by atoms with Crippen LogP contribution < -0.4 is 0 Å². The normalized spacial score (nSPS) is 24.1. The first-order valence-corrected chi connectivity index (χ1v) is 11.3. The maximum atomic E-state index is 12.3. The van der Waals surface area contributed by atoms with Crippen molar-refractivity contribution in [1.29, 1.82) is 0 Å². The van der Waals surface area contributed by atoms with E-state index in [1.807, 2.05) is 0 Å². The van der Waals surface area contributed by atoms with Crippen molar-refractivity contribution in [2.75, 3.05) is 14.2 Å². The second-order valence-electron chi connectivity index (χ2n) is 6.98. The fourth-order valence-electron chi connectivity index (χ4n) is 4.27. The zero-order chi connectivity index (χ0) is 17.0. The summed E-state index contributed by atoms with van der Waals surface area (Å²) >= 11 is 0. The van der Waals surface area contributed by atoms with E-state index in [9.17, 15) is 9.59 Å². The van der Waals surface area contributed by atoms with Crippen LogP contribution in [0.25, 0.3) is 0 Å². The van der Waals surface area contributed by atoms with Crippen LogP contribution in [-0.2, 0) is 19.1 Å². The van der Waals surface area contributed by atoms with Gasteiger partial charge >= 0.3 is 11.9 Å². The number of carbonyl (C=O) groups excluding carboxylic acids is 2. The highest BCUT2D eigenvalue weighted by Gasteiger charge is 2.56. The Morgan fingerprint density at radius 3 is 1.82 bits per heavy atom. The maximum absolute atomic E-state index is 12.3. The van der Waals surface area contributed by atoms with E-state index in [0.717, 1.165) is 0 Å². The van der Waals surface area contributed by atoms with Crippen molar-refractivity contribution in [3.8, 4) is 0 Å². The average molecular weight is 329 g/mol. The highest BCUT2D eigenvalue weighted by molar-refractivity contribution is 6.79. The fourth-order valence-corrected chi connectivity index (χ4v) is 8.29. The topological polar surface area (TPSA) is 52.6 Å². The third-order valence-electron chi connectivity index (χ3n) is 6.18. The number of rotatable bonds is 7. The first-order valence-electron chi connectivity index (χ1n) is 8.51. The van der Waals surface area contributed by atoms with E-state index in [-0.39, 0.29) is 0 Å². The number of carbonyl (C=O) groups is 2. The molecule has 0 bridgehead atoms. The number of hydrogen-bond acceptors (Lipinski definition) is 4. The molecule has 1 fully saturated rings. The molecule has 0 aromatic heterocycles. The Hall–Kier alpha value is -0.843. The summed E-state index contributed by atoms with van der Waals surface area (Å²) in [5.74, 6) is -0.0737. The van der Waals surface area contributed by atoms with E-state index in [0.29, 0.717) is 24.7 Å². The van der Waals surface area contributed by atoms with Gasteiger partial charge in [0.1, 0.15) is 0 Å². The lowest BCUT2D eigenvalue weighted by molar-refractivity contribution is -0.169. The van der Waals surface area contributed by atoms with E-state index in [4.69, 9.17) is 9.47 Å². The summed E-state index contributed by atoms with van der Waals surface area (Å²) in [5.41, 5.74) is -1.08. The summed E-state index contributed by atoms with van der Waals surface area (Å²) in [6, 6.07) is 5.01. The first-order chi connectivity index (χ1) is 10.3. The number of esters is 2. The van der Waals surface area contributed by atoms with Crippen LogP contribution >= 0.6 is 0 Å². The molecule has 5 heteroatoms. The lowest BCUT2D eigenvalue weighted by Gasteiger charge is -2.33. The molecule has 0 aromatic carbocycles. The maximum Gasteiger partial charge on any atom is 0.323 e. The van der Waals surface area contributed by atoms with Gasteiger partial charge in [0.2, 0.25) is 0 Å². The second-order valence-corrected chi connectivity index (χ2v) is 12.5. The molecule has 1 rings (SSSR count). The molecule has 1 saturated carbocycles. The standard InChI is InChI=1S/C17H32O4Si/c1-7-22(8-2,9-3)12-14-11-17(10-13(14)4,15(18)20-5)16(19)21-6/h13-14H,7-12H2,1-6H3/t13-,14+/m1/s1. The molecular weight excluding hydrogens is 296 g/mol. The molecule has 0 aliphatic heterocycles. The Morgan fingerprint density at radius 1 is 1.00 bits per heavy atom. The van der Waals surface area contributed by atoms with Gasteiger partial charge in [-0.05, 0) is 24.7 Å². The van der Waals surface area contributed by atoms with Crippen molar-refractivity contribution in [3.63, 3.8) is 0 Å². The smallest absolute Gasteiger partial charge is 0.323 e. The van der Waals surface area contributed by atoms with Gasteiger partial charge in [-0.15, -0.1) is 0 Å². The summed E-state index contributed by atoms with van der Waals surface area (Å²) in [5, 5.41) is 0. The van der Waals surface area contributed by atoms with Crippen LogP contribution in [0.5, 0.6) is 0 Å². The molecule has 0 N–H and O–H groups in total. The fraction of sp³-hybridized carbons (Fsp3) is 0.882. The molecular formula is C17H32O4Si. The van der Waals surface area contributed by atoms with Crippen LogP contribution in [0.3, 0.4) is 0 Å². The number of methoxy groups -OCH3 is 2. The summed E-state index contributed by atoms with van der Waals surface area (Å²) in [6.45, 7) is 9.06. The average Bonchev–Trinajstić information content (AvgIpc) is 2.88.